The van der Waals surface area contributed by atoms with E-state index >= 15 is 0 Å². The summed E-state index contributed by atoms with van der Waals surface area (Å²) in [6.45, 7) is 0. The van der Waals surface area contributed by atoms with E-state index in [1.54, 1.807) is 0 Å². The van der Waals surface area contributed by atoms with Gasteiger partial charge in [0, 0.05) is 0 Å². The van der Waals surface area contributed by atoms with Crippen LogP contribution in [-0.4, -0.2) is 16.4 Å². The Morgan fingerprint density at radius 3 is 0.500 bits per heavy atom. The second-order valence-electron chi connectivity index (χ2n) is 0. The van der Waals surface area contributed by atoms with Gasteiger partial charge in [-0.2, -0.15) is 0 Å². The molecular weight excluding hydrogens is 104 g/mol. The van der Waals surface area contributed by atoms with Crippen LogP contribution in [0.25, 0.3) is 0 Å². The summed E-state index contributed by atoms with van der Waals surface area (Å²) in [7, 11) is 0. The fourth-order valence-corrected chi connectivity index (χ4v) is 0. The minimum Gasteiger partial charge on any atom is -0.412 e. The van der Waals surface area contributed by atoms with Crippen molar-refractivity contribution in [3.05, 3.63) is 0 Å². The third kappa shape index (κ3) is 29.4. The molecule has 0 saturated heterocycles. The Labute approximate surface area is 34.4 Å². The molecular formula is H6FeO3+3. The Bertz CT molecular complexity index is 3.25. The van der Waals surface area contributed by atoms with Crippen LogP contribution in [0.4, 0.5) is 0 Å². The first-order valence-corrected chi connectivity index (χ1v) is 0. The van der Waals surface area contributed by atoms with E-state index in [4.69, 9.17) is 0 Å². The predicted octanol–water partition coefficient (Wildman–Crippen LogP) is -2.48. The molecule has 0 aliphatic rings. The molecule has 0 heterocycles. The Morgan fingerprint density at radius 2 is 0.500 bits per heavy atom. The second kappa shape index (κ2) is 123. The minimum atomic E-state index is 0. The molecule has 0 saturated carbocycles. The van der Waals surface area contributed by atoms with Crippen LogP contribution in [0.1, 0.15) is 0 Å². The maximum Gasteiger partial charge on any atom is 3.00 e. The molecule has 0 spiro atoms. The van der Waals surface area contributed by atoms with Crippen molar-refractivity contribution in [3.63, 3.8) is 0 Å². The van der Waals surface area contributed by atoms with Gasteiger partial charge in [-0.3, -0.25) is 0 Å². The van der Waals surface area contributed by atoms with Crippen LogP contribution < -0.4 is 0 Å². The monoisotopic (exact) mass is 110 g/mol. The van der Waals surface area contributed by atoms with Crippen molar-refractivity contribution >= 4 is 0 Å². The molecule has 1 radical (unpaired) electrons. The average molecular weight is 110 g/mol. The van der Waals surface area contributed by atoms with Crippen LogP contribution in [0, 0.1) is 0 Å². The van der Waals surface area contributed by atoms with E-state index in [-0.39, 0.29) is 33.5 Å². The van der Waals surface area contributed by atoms with Gasteiger partial charge in [-0.1, -0.05) is 0 Å². The molecule has 0 aromatic carbocycles. The zero-order valence-electron chi connectivity index (χ0n) is 1.85. The number of hydrogen-bond donors (Lipinski definition) is 0. The van der Waals surface area contributed by atoms with E-state index < -0.39 is 0 Å². The fraction of sp³-hybridized carbons (Fsp3) is 0. The molecule has 6 N–H and O–H groups in total. The van der Waals surface area contributed by atoms with Gasteiger partial charge < -0.3 is 16.4 Å². The fourth-order valence-electron chi connectivity index (χ4n) is 0. The van der Waals surface area contributed by atoms with Crippen molar-refractivity contribution in [1.82, 2.24) is 0 Å². The summed E-state index contributed by atoms with van der Waals surface area (Å²) < 4.78 is 0. The smallest absolute Gasteiger partial charge is 0.412 e. The van der Waals surface area contributed by atoms with Gasteiger partial charge in [0.25, 0.3) is 0 Å². The Morgan fingerprint density at radius 1 is 0.500 bits per heavy atom. The maximum absolute atomic E-state index is 0. The largest absolute Gasteiger partial charge is 3.00 e. The maximum atomic E-state index is 0. The normalized spacial score (nSPS) is 0. The summed E-state index contributed by atoms with van der Waals surface area (Å²) in [6, 6.07) is 0. The molecule has 0 unspecified atom stereocenters. The zero-order chi connectivity index (χ0) is 0. The van der Waals surface area contributed by atoms with E-state index in [9.17, 15) is 0 Å². The summed E-state index contributed by atoms with van der Waals surface area (Å²) in [4.78, 5) is 0. The molecule has 0 fully saturated rings. The van der Waals surface area contributed by atoms with Crippen molar-refractivity contribution in [1.29, 1.82) is 0 Å². The molecule has 4 heteroatoms. The molecule has 0 bridgehead atoms. The molecule has 0 atom stereocenters. The zero-order valence-corrected chi connectivity index (χ0v) is 2.96. The van der Waals surface area contributed by atoms with E-state index in [0.29, 0.717) is 0 Å². The first-order valence-electron chi connectivity index (χ1n) is 0. The van der Waals surface area contributed by atoms with Crippen LogP contribution in [0.15, 0.2) is 0 Å². The molecule has 0 aliphatic carbocycles. The average Bonchev–Trinajstić information content (AvgIpc) is 0. The second-order valence-corrected chi connectivity index (χ2v) is 0. The van der Waals surface area contributed by atoms with Crippen LogP contribution in [0.3, 0.4) is 0 Å². The van der Waals surface area contributed by atoms with Gasteiger partial charge in [0.1, 0.15) is 0 Å². The van der Waals surface area contributed by atoms with Crippen LogP contribution in [0.5, 0.6) is 0 Å². The summed E-state index contributed by atoms with van der Waals surface area (Å²) >= 11 is 0. The van der Waals surface area contributed by atoms with Crippen molar-refractivity contribution in [2.24, 2.45) is 0 Å². The van der Waals surface area contributed by atoms with E-state index in [1.807, 2.05) is 0 Å². The van der Waals surface area contributed by atoms with Gasteiger partial charge in [-0.05, 0) is 0 Å². The Kier molecular flexibility index (Phi) is 9770. The third-order valence-electron chi connectivity index (χ3n) is 0. The summed E-state index contributed by atoms with van der Waals surface area (Å²) in [5.41, 5.74) is 0. The first kappa shape index (κ1) is 319. The quantitative estimate of drug-likeness (QED) is 0.309. The van der Waals surface area contributed by atoms with Crippen LogP contribution >= 0.6 is 0 Å². The molecule has 4 heavy (non-hydrogen) atoms. The molecule has 0 amide bonds. The molecule has 0 aromatic heterocycles. The van der Waals surface area contributed by atoms with Crippen molar-refractivity contribution < 1.29 is 33.5 Å². The van der Waals surface area contributed by atoms with Gasteiger partial charge in [0.2, 0.25) is 0 Å². The molecule has 3 nitrogen and oxygen atoms in total. The molecule has 0 aliphatic heterocycles. The molecule has 0 aromatic rings. The predicted molar refractivity (Wildman–Crippen MR) is 10.8 cm³/mol. The van der Waals surface area contributed by atoms with Gasteiger partial charge in [0.15, 0.2) is 0 Å². The van der Waals surface area contributed by atoms with Crippen LogP contribution in [0.2, 0.25) is 0 Å². The minimum absolute atomic E-state index is 0. The van der Waals surface area contributed by atoms with Crippen molar-refractivity contribution in [3.8, 4) is 0 Å². The summed E-state index contributed by atoms with van der Waals surface area (Å²) in [5, 5.41) is 0. The van der Waals surface area contributed by atoms with Crippen molar-refractivity contribution in [2.45, 2.75) is 0 Å². The van der Waals surface area contributed by atoms with Crippen molar-refractivity contribution in [2.75, 3.05) is 0 Å². The van der Waals surface area contributed by atoms with Gasteiger partial charge in [-0.15, -0.1) is 0 Å². The SMILES string of the molecule is O.O.O.[Fe+3]. The molecule has 29 valence electrons. The number of hydrogen-bond acceptors (Lipinski definition) is 0. The third-order valence-corrected chi connectivity index (χ3v) is 0. The first-order chi connectivity index (χ1) is 0. The standard InChI is InChI=1S/Fe.3H2O/h;3*1H2/q+3;;;. The van der Waals surface area contributed by atoms with E-state index in [0.717, 1.165) is 0 Å². The summed E-state index contributed by atoms with van der Waals surface area (Å²) in [5.74, 6) is 0. The Balaban J connectivity index is 0. The topological polar surface area (TPSA) is 94.5 Å². The van der Waals surface area contributed by atoms with Gasteiger partial charge in [0.05, 0.1) is 0 Å². The van der Waals surface area contributed by atoms with E-state index in [2.05, 4.69) is 0 Å². The number of rotatable bonds is 0. The van der Waals surface area contributed by atoms with Crippen LogP contribution in [-0.2, 0) is 17.1 Å². The summed E-state index contributed by atoms with van der Waals surface area (Å²) in [6.07, 6.45) is 0. The molecule has 0 rings (SSSR count). The van der Waals surface area contributed by atoms with Gasteiger partial charge >= 0.3 is 17.1 Å². The van der Waals surface area contributed by atoms with E-state index in [1.165, 1.54) is 0 Å². The van der Waals surface area contributed by atoms with Gasteiger partial charge in [-0.25, -0.2) is 0 Å². The Hall–Kier alpha value is 0.399.